The van der Waals surface area contributed by atoms with E-state index in [2.05, 4.69) is 5.32 Å². The molecule has 2 rings (SSSR count). The number of rotatable bonds is 2. The van der Waals surface area contributed by atoms with Gasteiger partial charge in [-0.2, -0.15) is 0 Å². The highest BCUT2D eigenvalue weighted by Crippen LogP contribution is 2.24. The highest BCUT2D eigenvalue weighted by molar-refractivity contribution is 5.96. The summed E-state index contributed by atoms with van der Waals surface area (Å²) in [5, 5.41) is 31.8. The van der Waals surface area contributed by atoms with E-state index < -0.39 is 36.9 Å². The van der Waals surface area contributed by atoms with Crippen LogP contribution in [0.4, 0.5) is 0 Å². The van der Waals surface area contributed by atoms with Crippen LogP contribution >= 0.6 is 0 Å². The number of ether oxygens (including phenoxy) is 1. The van der Waals surface area contributed by atoms with E-state index in [1.165, 1.54) is 11.1 Å². The van der Waals surface area contributed by atoms with Crippen LogP contribution in [0, 0.1) is 0 Å². The summed E-state index contributed by atoms with van der Waals surface area (Å²) < 4.78 is 5.27. The van der Waals surface area contributed by atoms with E-state index in [1.807, 2.05) is 0 Å². The smallest absolute Gasteiger partial charge is 0.254 e. The van der Waals surface area contributed by atoms with Crippen molar-refractivity contribution in [3.63, 3.8) is 0 Å². The third kappa shape index (κ3) is 2.99. The van der Waals surface area contributed by atoms with Crippen LogP contribution in [-0.4, -0.2) is 69.6 Å². The standard InChI is InChI=1S/C13H18N2O6/c1-7-4-15(10(6-17)14-13(7)20)8-2-3-21-9(5-16)12(19)11(8)18/h4,8-9,11-12,16,18-19H,2-3,5H2,1H3,(H,14,20). The lowest BCUT2D eigenvalue weighted by atomic mass is 9.98. The number of nitrogens with zero attached hydrogens (tertiary/aromatic N) is 1. The predicted molar refractivity (Wildman–Crippen MR) is 70.2 cm³/mol. The van der Waals surface area contributed by atoms with Gasteiger partial charge in [-0.05, 0) is 13.3 Å². The number of nitrogens with one attached hydrogen (secondary N) is 1. The van der Waals surface area contributed by atoms with Crippen molar-refractivity contribution >= 4 is 11.8 Å². The average Bonchev–Trinajstić information content (AvgIpc) is 2.62. The molecule has 4 atom stereocenters. The van der Waals surface area contributed by atoms with Crippen LogP contribution in [-0.2, 0) is 14.3 Å². The summed E-state index contributed by atoms with van der Waals surface area (Å²) in [6, 6.07) is -0.677. The number of hydrogen-bond acceptors (Lipinski definition) is 7. The summed E-state index contributed by atoms with van der Waals surface area (Å²) in [5.41, 5.74) is 0.361. The largest absolute Gasteiger partial charge is 0.394 e. The molecule has 0 bridgehead atoms. The van der Waals surface area contributed by atoms with Gasteiger partial charge in [0, 0.05) is 18.4 Å². The molecule has 4 N–H and O–H groups in total. The molecule has 8 nitrogen and oxygen atoms in total. The zero-order valence-electron chi connectivity index (χ0n) is 11.5. The molecule has 2 aliphatic rings. The molecule has 8 heteroatoms. The zero-order chi connectivity index (χ0) is 15.6. The van der Waals surface area contributed by atoms with Gasteiger partial charge in [0.05, 0.1) is 12.6 Å². The summed E-state index contributed by atoms with van der Waals surface area (Å²) in [5.74, 6) is 1.08. The number of aliphatic hydroxyl groups excluding tert-OH is 3. The lowest BCUT2D eigenvalue weighted by Crippen LogP contribution is -2.52. The quantitative estimate of drug-likeness (QED) is 0.430. The van der Waals surface area contributed by atoms with E-state index in [9.17, 15) is 19.8 Å². The van der Waals surface area contributed by atoms with E-state index >= 15 is 0 Å². The average molecular weight is 298 g/mol. The summed E-state index contributed by atoms with van der Waals surface area (Å²) in [6.07, 6.45) is -1.72. The normalized spacial score (nSPS) is 33.9. The molecule has 1 amide bonds. The van der Waals surface area contributed by atoms with Gasteiger partial charge in [-0.3, -0.25) is 10.1 Å². The van der Waals surface area contributed by atoms with E-state index in [-0.39, 0.29) is 12.4 Å². The molecule has 0 radical (unpaired) electrons. The Morgan fingerprint density at radius 3 is 2.81 bits per heavy atom. The minimum atomic E-state index is -1.30. The lowest BCUT2D eigenvalue weighted by molar-refractivity contribution is -0.118. The molecule has 1 fully saturated rings. The van der Waals surface area contributed by atoms with Gasteiger partial charge in [0.15, 0.2) is 11.8 Å². The van der Waals surface area contributed by atoms with Gasteiger partial charge in [-0.15, -0.1) is 0 Å². The van der Waals surface area contributed by atoms with Crippen molar-refractivity contribution in [2.75, 3.05) is 13.2 Å². The second-order valence-corrected chi connectivity index (χ2v) is 5.05. The van der Waals surface area contributed by atoms with Crippen LogP contribution in [0.3, 0.4) is 0 Å². The fraction of sp³-hybridized carbons (Fsp3) is 0.615. The van der Waals surface area contributed by atoms with E-state index in [1.54, 1.807) is 12.9 Å². The molecule has 0 aromatic heterocycles. The number of carbonyl (C=O) groups excluding carboxylic acids is 2. The molecule has 21 heavy (non-hydrogen) atoms. The summed E-state index contributed by atoms with van der Waals surface area (Å²) in [7, 11) is 0. The predicted octanol–water partition coefficient (Wildman–Crippen LogP) is -2.13. The van der Waals surface area contributed by atoms with Crippen LogP contribution < -0.4 is 5.32 Å². The first kappa shape index (κ1) is 15.7. The van der Waals surface area contributed by atoms with Crippen LogP contribution in [0.15, 0.2) is 17.6 Å². The van der Waals surface area contributed by atoms with Gasteiger partial charge in [-0.1, -0.05) is 0 Å². The number of hydrogen-bond donors (Lipinski definition) is 4. The second-order valence-electron chi connectivity index (χ2n) is 5.05. The van der Waals surface area contributed by atoms with Gasteiger partial charge < -0.3 is 25.0 Å². The van der Waals surface area contributed by atoms with Crippen LogP contribution in [0.2, 0.25) is 0 Å². The van der Waals surface area contributed by atoms with Crippen molar-refractivity contribution in [1.29, 1.82) is 0 Å². The number of carbonyl (C=O) groups is 1. The SMILES string of the molecule is CC1=CN(C2CCOC(CO)C(O)C2O)C(=C=O)NC1=O. The Morgan fingerprint density at radius 2 is 2.19 bits per heavy atom. The first-order valence-corrected chi connectivity index (χ1v) is 6.61. The van der Waals surface area contributed by atoms with Crippen molar-refractivity contribution in [3.8, 4) is 0 Å². The third-order valence-electron chi connectivity index (χ3n) is 3.69. The molecule has 2 aliphatic heterocycles. The van der Waals surface area contributed by atoms with Crippen LogP contribution in [0.1, 0.15) is 13.3 Å². The summed E-state index contributed by atoms with van der Waals surface area (Å²) in [4.78, 5) is 23.9. The lowest BCUT2D eigenvalue weighted by Gasteiger charge is -2.36. The van der Waals surface area contributed by atoms with Gasteiger partial charge in [0.2, 0.25) is 0 Å². The first-order valence-electron chi connectivity index (χ1n) is 6.61. The fourth-order valence-electron chi connectivity index (χ4n) is 2.46. The van der Waals surface area contributed by atoms with Gasteiger partial charge in [-0.25, -0.2) is 4.79 Å². The number of amides is 1. The van der Waals surface area contributed by atoms with Gasteiger partial charge in [0.25, 0.3) is 5.91 Å². The Kier molecular flexibility index (Phi) is 4.76. The molecular formula is C13H18N2O6. The summed E-state index contributed by atoms with van der Waals surface area (Å²) in [6.45, 7) is 1.33. The minimum Gasteiger partial charge on any atom is -0.394 e. The summed E-state index contributed by atoms with van der Waals surface area (Å²) >= 11 is 0. The van der Waals surface area contributed by atoms with E-state index in [0.29, 0.717) is 12.0 Å². The molecular weight excluding hydrogens is 280 g/mol. The Labute approximate surface area is 121 Å². The highest BCUT2D eigenvalue weighted by Gasteiger charge is 2.40. The molecule has 2 heterocycles. The maximum Gasteiger partial charge on any atom is 0.254 e. The zero-order valence-corrected chi connectivity index (χ0v) is 11.5. The maximum absolute atomic E-state index is 11.5. The highest BCUT2D eigenvalue weighted by atomic mass is 16.5. The Hall–Kier alpha value is -1.70. The van der Waals surface area contributed by atoms with Crippen molar-refractivity contribution in [3.05, 3.63) is 17.6 Å². The van der Waals surface area contributed by atoms with Crippen molar-refractivity contribution in [1.82, 2.24) is 10.2 Å². The third-order valence-corrected chi connectivity index (χ3v) is 3.69. The molecule has 0 spiro atoms. The van der Waals surface area contributed by atoms with Gasteiger partial charge >= 0.3 is 0 Å². The Balaban J connectivity index is 2.30. The molecule has 0 saturated carbocycles. The van der Waals surface area contributed by atoms with Crippen LogP contribution in [0.25, 0.3) is 0 Å². The topological polar surface area (TPSA) is 119 Å². The van der Waals surface area contributed by atoms with Crippen LogP contribution in [0.5, 0.6) is 0 Å². The molecule has 0 aromatic carbocycles. The Morgan fingerprint density at radius 1 is 1.48 bits per heavy atom. The molecule has 4 unspecified atom stereocenters. The molecule has 0 aliphatic carbocycles. The van der Waals surface area contributed by atoms with Gasteiger partial charge in [0.1, 0.15) is 18.3 Å². The molecule has 116 valence electrons. The van der Waals surface area contributed by atoms with E-state index in [4.69, 9.17) is 9.84 Å². The minimum absolute atomic E-state index is 0.121. The monoisotopic (exact) mass is 298 g/mol. The van der Waals surface area contributed by atoms with E-state index in [0.717, 1.165) is 0 Å². The molecule has 1 saturated heterocycles. The molecule has 0 aromatic rings. The maximum atomic E-state index is 11.5. The fourth-order valence-corrected chi connectivity index (χ4v) is 2.46. The second kappa shape index (κ2) is 6.38. The van der Waals surface area contributed by atoms with Crippen molar-refractivity contribution in [2.45, 2.75) is 37.7 Å². The number of aliphatic hydroxyl groups is 3. The van der Waals surface area contributed by atoms with Crippen molar-refractivity contribution in [2.24, 2.45) is 0 Å². The van der Waals surface area contributed by atoms with Crippen molar-refractivity contribution < 1.29 is 29.6 Å². The Bertz CT molecular complexity index is 499. The first-order chi connectivity index (χ1) is 9.99.